The summed E-state index contributed by atoms with van der Waals surface area (Å²) in [6.07, 6.45) is -0.687. The maximum absolute atomic E-state index is 12.7. The predicted molar refractivity (Wildman–Crippen MR) is 144 cm³/mol. The maximum Gasteiger partial charge on any atom is 0.412 e. The zero-order chi connectivity index (χ0) is 27.4. The van der Waals surface area contributed by atoms with E-state index in [1.165, 1.54) is 4.68 Å². The zero-order valence-corrected chi connectivity index (χ0v) is 22.4. The molecule has 1 amide bonds. The number of nitro groups is 1. The van der Waals surface area contributed by atoms with Crippen molar-refractivity contribution < 1.29 is 23.9 Å². The monoisotopic (exact) mass is 543 g/mol. The molecule has 1 aliphatic rings. The van der Waals surface area contributed by atoms with Crippen LogP contribution in [-0.4, -0.2) is 59.8 Å². The van der Waals surface area contributed by atoms with Crippen molar-refractivity contribution >= 4 is 34.8 Å². The van der Waals surface area contributed by atoms with Gasteiger partial charge in [0.25, 0.3) is 0 Å². The van der Waals surface area contributed by atoms with E-state index < -0.39 is 16.6 Å². The lowest BCUT2D eigenvalue weighted by atomic mass is 10.1. The number of methoxy groups -OCH3 is 1. The van der Waals surface area contributed by atoms with Gasteiger partial charge in [0.1, 0.15) is 11.4 Å². The van der Waals surface area contributed by atoms with Crippen LogP contribution in [0.15, 0.2) is 42.5 Å². The fourth-order valence-electron chi connectivity index (χ4n) is 4.14. The SMILES string of the molecule is COc1ccc(Cn2nc(Cl)c([N+](=O)[O-])c2-c2cc(N3CCOCC3)ccc2NC(=O)OC(C)(C)C)cc1. The number of halogens is 1. The van der Waals surface area contributed by atoms with Gasteiger partial charge in [-0.3, -0.25) is 20.1 Å². The molecule has 4 rings (SSSR count). The van der Waals surface area contributed by atoms with Gasteiger partial charge in [0.15, 0.2) is 5.69 Å². The normalized spacial score (nSPS) is 13.8. The molecule has 1 N–H and O–H groups in total. The molecule has 3 aromatic rings. The molecule has 202 valence electrons. The van der Waals surface area contributed by atoms with Crippen molar-refractivity contribution in [1.29, 1.82) is 0 Å². The summed E-state index contributed by atoms with van der Waals surface area (Å²) >= 11 is 6.31. The summed E-state index contributed by atoms with van der Waals surface area (Å²) in [7, 11) is 1.57. The Morgan fingerprint density at radius 3 is 2.47 bits per heavy atom. The van der Waals surface area contributed by atoms with Crippen LogP contribution < -0.4 is 15.0 Å². The van der Waals surface area contributed by atoms with Gasteiger partial charge in [0, 0.05) is 24.3 Å². The molecule has 0 unspecified atom stereocenters. The van der Waals surface area contributed by atoms with Crippen molar-refractivity contribution in [2.24, 2.45) is 0 Å². The second kappa shape index (κ2) is 11.3. The molecule has 0 bridgehead atoms. The van der Waals surface area contributed by atoms with Crippen LogP contribution in [-0.2, 0) is 16.0 Å². The predicted octanol–water partition coefficient (Wildman–Crippen LogP) is 5.35. The van der Waals surface area contributed by atoms with Gasteiger partial charge in [-0.25, -0.2) is 4.79 Å². The van der Waals surface area contributed by atoms with Crippen molar-refractivity contribution in [3.63, 3.8) is 0 Å². The van der Waals surface area contributed by atoms with Crippen molar-refractivity contribution in [1.82, 2.24) is 9.78 Å². The minimum absolute atomic E-state index is 0.164. The van der Waals surface area contributed by atoms with E-state index in [1.54, 1.807) is 52.1 Å². The molecule has 1 fully saturated rings. The smallest absolute Gasteiger partial charge is 0.412 e. The average Bonchev–Trinajstić information content (AvgIpc) is 3.19. The van der Waals surface area contributed by atoms with Gasteiger partial charge in [-0.15, -0.1) is 0 Å². The van der Waals surface area contributed by atoms with Gasteiger partial charge in [-0.2, -0.15) is 5.10 Å². The average molecular weight is 544 g/mol. The first-order chi connectivity index (χ1) is 18.1. The first-order valence-corrected chi connectivity index (χ1v) is 12.4. The number of carbonyl (C=O) groups is 1. The Kier molecular flexibility index (Phi) is 8.08. The molecule has 11 nitrogen and oxygen atoms in total. The molecule has 0 aliphatic carbocycles. The first-order valence-electron chi connectivity index (χ1n) is 12.1. The van der Waals surface area contributed by atoms with Gasteiger partial charge >= 0.3 is 11.8 Å². The van der Waals surface area contributed by atoms with E-state index in [4.69, 9.17) is 25.8 Å². The van der Waals surface area contributed by atoms with Crippen molar-refractivity contribution in [3.8, 4) is 17.0 Å². The van der Waals surface area contributed by atoms with Crippen LogP contribution in [0.3, 0.4) is 0 Å². The van der Waals surface area contributed by atoms with Crippen molar-refractivity contribution in [3.05, 3.63) is 63.3 Å². The van der Waals surface area contributed by atoms with Gasteiger partial charge in [0.2, 0.25) is 5.15 Å². The molecule has 2 aromatic carbocycles. The topological polar surface area (TPSA) is 121 Å². The minimum atomic E-state index is -0.733. The van der Waals surface area contributed by atoms with Crippen LogP contribution in [0.25, 0.3) is 11.3 Å². The Morgan fingerprint density at radius 2 is 1.87 bits per heavy atom. The number of morpholine rings is 1. The second-order valence-electron chi connectivity index (χ2n) is 9.71. The first kappa shape index (κ1) is 27.2. The Labute approximate surface area is 225 Å². The lowest BCUT2D eigenvalue weighted by molar-refractivity contribution is -0.384. The van der Waals surface area contributed by atoms with E-state index in [0.717, 1.165) is 11.3 Å². The van der Waals surface area contributed by atoms with Crippen LogP contribution in [0, 0.1) is 10.1 Å². The highest BCUT2D eigenvalue weighted by molar-refractivity contribution is 6.32. The van der Waals surface area contributed by atoms with E-state index in [-0.39, 0.29) is 23.1 Å². The number of rotatable bonds is 7. The van der Waals surface area contributed by atoms with E-state index in [0.29, 0.717) is 43.3 Å². The molecule has 1 aliphatic heterocycles. The summed E-state index contributed by atoms with van der Waals surface area (Å²) in [5, 5.41) is 19.0. The highest BCUT2D eigenvalue weighted by atomic mass is 35.5. The molecule has 0 atom stereocenters. The van der Waals surface area contributed by atoms with E-state index in [1.807, 2.05) is 18.2 Å². The highest BCUT2D eigenvalue weighted by Gasteiger charge is 2.31. The van der Waals surface area contributed by atoms with Crippen LogP contribution in [0.5, 0.6) is 5.75 Å². The number of nitrogens with one attached hydrogen (secondary N) is 1. The Balaban J connectivity index is 1.84. The summed E-state index contributed by atoms with van der Waals surface area (Å²) in [6, 6.07) is 12.6. The third-order valence-electron chi connectivity index (χ3n) is 5.83. The van der Waals surface area contributed by atoms with Crippen molar-refractivity contribution in [2.75, 3.05) is 43.6 Å². The molecular formula is C26H30ClN5O6. The number of hydrogen-bond donors (Lipinski definition) is 1. The molecule has 38 heavy (non-hydrogen) atoms. The standard InChI is InChI=1S/C26H30ClN5O6/c1-26(2,3)38-25(33)28-21-10-7-18(30-11-13-37-14-12-30)15-20(21)22-23(32(34)35)24(27)29-31(22)16-17-5-8-19(36-4)9-6-17/h5-10,15H,11-14,16H2,1-4H3,(H,28,33). The number of benzene rings is 2. The van der Waals surface area contributed by atoms with Crippen LogP contribution >= 0.6 is 11.6 Å². The van der Waals surface area contributed by atoms with Gasteiger partial charge in [-0.05, 0) is 56.7 Å². The molecule has 0 saturated carbocycles. The van der Waals surface area contributed by atoms with Crippen molar-refractivity contribution in [2.45, 2.75) is 32.9 Å². The Bertz CT molecular complexity index is 1310. The number of aromatic nitrogens is 2. The number of anilines is 2. The molecule has 0 spiro atoms. The minimum Gasteiger partial charge on any atom is -0.497 e. The molecule has 1 saturated heterocycles. The van der Waals surface area contributed by atoms with E-state index in [9.17, 15) is 14.9 Å². The second-order valence-corrected chi connectivity index (χ2v) is 10.1. The number of amides is 1. The van der Waals surface area contributed by atoms with Gasteiger partial charge in [0.05, 0.1) is 37.5 Å². The maximum atomic E-state index is 12.7. The molecule has 1 aromatic heterocycles. The third-order valence-corrected chi connectivity index (χ3v) is 6.09. The van der Waals surface area contributed by atoms with E-state index >= 15 is 0 Å². The summed E-state index contributed by atoms with van der Waals surface area (Å²) < 4.78 is 17.6. The number of hydrogen-bond acceptors (Lipinski definition) is 8. The summed E-state index contributed by atoms with van der Waals surface area (Å²) in [5.41, 5.74) is 1.44. The van der Waals surface area contributed by atoms with Gasteiger partial charge < -0.3 is 19.1 Å². The van der Waals surface area contributed by atoms with Gasteiger partial charge in [-0.1, -0.05) is 23.7 Å². The lowest BCUT2D eigenvalue weighted by Crippen LogP contribution is -2.36. The largest absolute Gasteiger partial charge is 0.497 e. The summed E-state index contributed by atoms with van der Waals surface area (Å²) in [6.45, 7) is 7.90. The van der Waals surface area contributed by atoms with Crippen LogP contribution in [0.2, 0.25) is 5.15 Å². The fraction of sp³-hybridized carbons (Fsp3) is 0.385. The molecule has 2 heterocycles. The number of carbonyl (C=O) groups excluding carboxylic acids is 1. The summed E-state index contributed by atoms with van der Waals surface area (Å²) in [4.78, 5) is 26.4. The third kappa shape index (κ3) is 6.35. The molecular weight excluding hydrogens is 514 g/mol. The lowest BCUT2D eigenvalue weighted by Gasteiger charge is -2.29. The molecule has 0 radical (unpaired) electrons. The zero-order valence-electron chi connectivity index (χ0n) is 21.7. The Morgan fingerprint density at radius 1 is 1.18 bits per heavy atom. The van der Waals surface area contributed by atoms with E-state index in [2.05, 4.69) is 15.3 Å². The fourth-order valence-corrected chi connectivity index (χ4v) is 4.39. The molecule has 12 heteroatoms. The summed E-state index contributed by atoms with van der Waals surface area (Å²) in [5.74, 6) is 0.681. The quantitative estimate of drug-likeness (QED) is 0.312. The Hall–Kier alpha value is -3.83. The number of ether oxygens (including phenoxy) is 3. The highest BCUT2D eigenvalue weighted by Crippen LogP contribution is 2.41. The van der Waals surface area contributed by atoms with Crippen LogP contribution in [0.4, 0.5) is 21.9 Å². The number of nitrogens with zero attached hydrogens (tertiary/aromatic N) is 4. The van der Waals surface area contributed by atoms with Crippen LogP contribution in [0.1, 0.15) is 26.3 Å².